The van der Waals surface area contributed by atoms with Crippen molar-refractivity contribution in [3.8, 4) is 0 Å². The molecule has 0 amide bonds. The van der Waals surface area contributed by atoms with Crippen molar-refractivity contribution in [2.45, 2.75) is 57.9 Å². The molecule has 3 heteroatoms. The molecule has 1 aliphatic rings. The van der Waals surface area contributed by atoms with Gasteiger partial charge in [0, 0.05) is 24.1 Å². The highest BCUT2D eigenvalue weighted by molar-refractivity contribution is 5.28. The number of hydrogen-bond donors (Lipinski definition) is 1. The van der Waals surface area contributed by atoms with Crippen LogP contribution >= 0.6 is 0 Å². The molecule has 1 aromatic carbocycles. The Morgan fingerprint density at radius 2 is 1.70 bits per heavy atom. The Morgan fingerprint density at radius 3 is 2.20 bits per heavy atom. The average Bonchev–Trinajstić information content (AvgIpc) is 2.37. The summed E-state index contributed by atoms with van der Waals surface area (Å²) in [5.41, 5.74) is 0.690. The van der Waals surface area contributed by atoms with Crippen molar-refractivity contribution in [3.05, 3.63) is 35.4 Å². The lowest BCUT2D eigenvalue weighted by molar-refractivity contribution is 0.228. The summed E-state index contributed by atoms with van der Waals surface area (Å²) in [5.74, 6) is -0.231. The van der Waals surface area contributed by atoms with Crippen molar-refractivity contribution in [1.29, 1.82) is 0 Å². The van der Waals surface area contributed by atoms with Gasteiger partial charge in [-0.3, -0.25) is 0 Å². The fourth-order valence-electron chi connectivity index (χ4n) is 3.14. The van der Waals surface area contributed by atoms with Crippen molar-refractivity contribution in [1.82, 2.24) is 5.32 Å². The van der Waals surface area contributed by atoms with Crippen molar-refractivity contribution < 1.29 is 8.78 Å². The van der Waals surface area contributed by atoms with Crippen LogP contribution in [0.2, 0.25) is 0 Å². The summed E-state index contributed by atoms with van der Waals surface area (Å²) in [6.07, 6.45) is 4.24. The molecule has 1 nitrogen and oxygen atoms in total. The van der Waals surface area contributed by atoms with Crippen LogP contribution in [0.25, 0.3) is 0 Å². The number of nitrogens with one attached hydrogen (secondary N) is 1. The van der Waals surface area contributed by atoms with Crippen LogP contribution in [0.1, 0.15) is 52.0 Å². The van der Waals surface area contributed by atoms with Crippen molar-refractivity contribution in [2.75, 3.05) is 6.54 Å². The van der Waals surface area contributed by atoms with Crippen LogP contribution in [-0.4, -0.2) is 12.6 Å². The molecule has 0 spiro atoms. The summed E-state index contributed by atoms with van der Waals surface area (Å²) >= 11 is 0. The van der Waals surface area contributed by atoms with Crippen LogP contribution < -0.4 is 5.32 Å². The normalized spacial score (nSPS) is 27.0. The van der Waals surface area contributed by atoms with Crippen LogP contribution in [-0.2, 0) is 5.41 Å². The summed E-state index contributed by atoms with van der Waals surface area (Å²) in [6, 6.07) is 4.37. The van der Waals surface area contributed by atoms with Gasteiger partial charge in [-0.1, -0.05) is 20.8 Å². The second-order valence-corrected chi connectivity index (χ2v) is 6.66. The molecular formula is C17H25F2N. The van der Waals surface area contributed by atoms with Crippen LogP contribution in [0, 0.1) is 17.6 Å². The van der Waals surface area contributed by atoms with E-state index in [1.54, 1.807) is 0 Å². The van der Waals surface area contributed by atoms with Crippen molar-refractivity contribution >= 4 is 0 Å². The minimum Gasteiger partial charge on any atom is -0.314 e. The van der Waals surface area contributed by atoms with Crippen molar-refractivity contribution in [2.24, 2.45) is 5.92 Å². The molecule has 1 saturated carbocycles. The Kier molecular flexibility index (Phi) is 4.79. The fraction of sp³-hybridized carbons (Fsp3) is 0.647. The lowest BCUT2D eigenvalue weighted by Crippen LogP contribution is -2.43. The summed E-state index contributed by atoms with van der Waals surface area (Å²) in [7, 11) is 0. The minimum atomic E-state index is -0.470. The first kappa shape index (κ1) is 15.4. The summed E-state index contributed by atoms with van der Waals surface area (Å²) in [5, 5.41) is 3.46. The molecule has 1 fully saturated rings. The predicted octanol–water partition coefficient (Wildman–Crippen LogP) is 4.41. The van der Waals surface area contributed by atoms with Gasteiger partial charge in [-0.25, -0.2) is 8.78 Å². The molecule has 0 radical (unpaired) electrons. The van der Waals surface area contributed by atoms with Gasteiger partial charge in [0.1, 0.15) is 11.6 Å². The van der Waals surface area contributed by atoms with E-state index in [-0.39, 0.29) is 5.41 Å². The standard InChI is InChI=1S/C17H25F2N/c1-12(2)20-11-17(6-4-13(3)5-7-17)14-8-15(18)10-16(19)9-14/h8-10,12-13,20H,4-7,11H2,1-3H3. The zero-order valence-corrected chi connectivity index (χ0v) is 12.7. The van der Waals surface area contributed by atoms with Gasteiger partial charge in [0.25, 0.3) is 0 Å². The maximum Gasteiger partial charge on any atom is 0.126 e. The largest absolute Gasteiger partial charge is 0.314 e. The number of hydrogen-bond acceptors (Lipinski definition) is 1. The lowest BCUT2D eigenvalue weighted by atomic mass is 9.67. The summed E-state index contributed by atoms with van der Waals surface area (Å²) < 4.78 is 27.1. The first-order valence-electron chi connectivity index (χ1n) is 7.61. The first-order valence-corrected chi connectivity index (χ1v) is 7.61. The number of rotatable bonds is 4. The molecule has 0 aromatic heterocycles. The Balaban J connectivity index is 2.30. The zero-order valence-electron chi connectivity index (χ0n) is 12.7. The van der Waals surface area contributed by atoms with E-state index in [1.807, 2.05) is 0 Å². The van der Waals surface area contributed by atoms with E-state index in [0.717, 1.165) is 43.9 Å². The molecule has 1 aliphatic carbocycles. The van der Waals surface area contributed by atoms with Crippen LogP contribution in [0.4, 0.5) is 8.78 Å². The van der Waals surface area contributed by atoms with E-state index in [9.17, 15) is 8.78 Å². The van der Waals surface area contributed by atoms with Crippen molar-refractivity contribution in [3.63, 3.8) is 0 Å². The highest BCUT2D eigenvalue weighted by Gasteiger charge is 2.36. The quantitative estimate of drug-likeness (QED) is 0.862. The third-order valence-electron chi connectivity index (χ3n) is 4.56. The lowest BCUT2D eigenvalue weighted by Gasteiger charge is -2.41. The molecule has 112 valence electrons. The molecule has 0 saturated heterocycles. The van der Waals surface area contributed by atoms with E-state index >= 15 is 0 Å². The molecule has 20 heavy (non-hydrogen) atoms. The second-order valence-electron chi connectivity index (χ2n) is 6.66. The third-order valence-corrected chi connectivity index (χ3v) is 4.56. The van der Waals surface area contributed by atoms with Gasteiger partial charge in [-0.05, 0) is 49.3 Å². The van der Waals surface area contributed by atoms with Gasteiger partial charge in [0.15, 0.2) is 0 Å². The maximum absolute atomic E-state index is 13.6. The molecule has 1 N–H and O–H groups in total. The fourth-order valence-corrected chi connectivity index (χ4v) is 3.14. The van der Waals surface area contributed by atoms with Gasteiger partial charge in [-0.2, -0.15) is 0 Å². The third kappa shape index (κ3) is 3.57. The molecule has 0 atom stereocenters. The highest BCUT2D eigenvalue weighted by atomic mass is 19.1. The second kappa shape index (κ2) is 6.21. The molecule has 2 rings (SSSR count). The van der Waals surface area contributed by atoms with E-state index in [1.165, 1.54) is 12.1 Å². The SMILES string of the molecule is CC1CCC(CNC(C)C)(c2cc(F)cc(F)c2)CC1. The van der Waals surface area contributed by atoms with Crippen LogP contribution in [0.15, 0.2) is 18.2 Å². The number of benzene rings is 1. The Hall–Kier alpha value is -0.960. The first-order chi connectivity index (χ1) is 9.41. The Morgan fingerprint density at radius 1 is 1.15 bits per heavy atom. The molecular weight excluding hydrogens is 256 g/mol. The van der Waals surface area contributed by atoms with Crippen LogP contribution in [0.3, 0.4) is 0 Å². The maximum atomic E-state index is 13.6. The average molecular weight is 281 g/mol. The molecule has 0 bridgehead atoms. The van der Waals surface area contributed by atoms with Gasteiger partial charge in [0.2, 0.25) is 0 Å². The Bertz CT molecular complexity index is 428. The smallest absolute Gasteiger partial charge is 0.126 e. The van der Waals surface area contributed by atoms with Gasteiger partial charge in [-0.15, -0.1) is 0 Å². The van der Waals surface area contributed by atoms with E-state index < -0.39 is 11.6 Å². The van der Waals surface area contributed by atoms with Gasteiger partial charge >= 0.3 is 0 Å². The highest BCUT2D eigenvalue weighted by Crippen LogP contribution is 2.41. The topological polar surface area (TPSA) is 12.0 Å². The molecule has 1 aromatic rings. The summed E-state index contributed by atoms with van der Waals surface area (Å²) in [6.45, 7) is 7.25. The monoisotopic (exact) mass is 281 g/mol. The van der Waals surface area contributed by atoms with Gasteiger partial charge < -0.3 is 5.32 Å². The zero-order chi connectivity index (χ0) is 14.8. The Labute approximate surface area is 120 Å². The molecule has 0 aliphatic heterocycles. The molecule has 0 unspecified atom stereocenters. The van der Waals surface area contributed by atoms with Crippen LogP contribution in [0.5, 0.6) is 0 Å². The summed E-state index contributed by atoms with van der Waals surface area (Å²) in [4.78, 5) is 0. The van der Waals surface area contributed by atoms with E-state index in [2.05, 4.69) is 26.1 Å². The van der Waals surface area contributed by atoms with E-state index in [0.29, 0.717) is 12.0 Å². The minimum absolute atomic E-state index is 0.125. The number of halogens is 2. The predicted molar refractivity (Wildman–Crippen MR) is 78.8 cm³/mol. The van der Waals surface area contributed by atoms with Gasteiger partial charge in [0.05, 0.1) is 0 Å². The molecule has 0 heterocycles. The van der Waals surface area contributed by atoms with E-state index in [4.69, 9.17) is 0 Å².